The molecule has 1 amide bonds. The number of nitrogens with one attached hydrogen (secondary N) is 1. The van der Waals surface area contributed by atoms with E-state index in [1.54, 1.807) is 19.2 Å². The molecular formula is C18H28N4O3. The Kier molecular flexibility index (Phi) is 4.88. The largest absolute Gasteiger partial charge is 0.489 e. The van der Waals surface area contributed by atoms with Crippen LogP contribution in [-0.4, -0.2) is 71.4 Å². The van der Waals surface area contributed by atoms with E-state index in [-0.39, 0.29) is 17.4 Å². The topological polar surface area (TPSA) is 77.9 Å². The molecule has 0 radical (unpaired) electrons. The minimum Gasteiger partial charge on any atom is -0.489 e. The van der Waals surface area contributed by atoms with Gasteiger partial charge in [-0.1, -0.05) is 13.8 Å². The second-order valence-electron chi connectivity index (χ2n) is 7.87. The number of likely N-dealkylation sites (tertiary alicyclic amines) is 1. The molecule has 0 aromatic carbocycles. The van der Waals surface area contributed by atoms with E-state index in [1.807, 2.05) is 16.8 Å². The SMILES string of the molecule is CC(O)N(C)[C@H]1CCN(C(=O)c2cnc3c(c2)OCC(C)(C)CN3)C1. The summed E-state index contributed by atoms with van der Waals surface area (Å²) in [5, 5.41) is 13.0. The van der Waals surface area contributed by atoms with Gasteiger partial charge in [0.2, 0.25) is 0 Å². The van der Waals surface area contributed by atoms with Crippen molar-refractivity contribution in [2.45, 2.75) is 39.5 Å². The van der Waals surface area contributed by atoms with Crippen LogP contribution in [0, 0.1) is 5.41 Å². The number of likely N-dealkylation sites (N-methyl/N-ethyl adjacent to an activating group) is 1. The van der Waals surface area contributed by atoms with Gasteiger partial charge in [0.25, 0.3) is 5.91 Å². The maximum Gasteiger partial charge on any atom is 0.255 e. The molecule has 138 valence electrons. The van der Waals surface area contributed by atoms with Crippen molar-refractivity contribution in [2.75, 3.05) is 38.6 Å². The number of carbonyl (C=O) groups excluding carboxylic acids is 1. The molecule has 25 heavy (non-hydrogen) atoms. The zero-order valence-electron chi connectivity index (χ0n) is 15.5. The number of hydrogen-bond donors (Lipinski definition) is 2. The van der Waals surface area contributed by atoms with Crippen molar-refractivity contribution in [3.05, 3.63) is 17.8 Å². The molecule has 1 unspecified atom stereocenters. The molecular weight excluding hydrogens is 320 g/mol. The van der Waals surface area contributed by atoms with E-state index in [0.29, 0.717) is 36.8 Å². The van der Waals surface area contributed by atoms with Crippen molar-refractivity contribution in [3.63, 3.8) is 0 Å². The summed E-state index contributed by atoms with van der Waals surface area (Å²) in [6, 6.07) is 1.96. The average molecular weight is 348 g/mol. The second-order valence-corrected chi connectivity index (χ2v) is 7.87. The van der Waals surface area contributed by atoms with E-state index in [9.17, 15) is 9.90 Å². The molecule has 1 saturated heterocycles. The summed E-state index contributed by atoms with van der Waals surface area (Å²) in [7, 11) is 1.88. The van der Waals surface area contributed by atoms with Gasteiger partial charge in [0.05, 0.1) is 12.2 Å². The third-order valence-electron chi connectivity index (χ3n) is 5.07. The molecule has 3 rings (SSSR count). The fraction of sp³-hybridized carbons (Fsp3) is 0.667. The summed E-state index contributed by atoms with van der Waals surface area (Å²) in [5.74, 6) is 1.28. The summed E-state index contributed by atoms with van der Waals surface area (Å²) in [4.78, 5) is 20.9. The first-order valence-corrected chi connectivity index (χ1v) is 8.83. The summed E-state index contributed by atoms with van der Waals surface area (Å²) >= 11 is 0. The van der Waals surface area contributed by atoms with E-state index in [2.05, 4.69) is 24.1 Å². The Balaban J connectivity index is 1.71. The van der Waals surface area contributed by atoms with Crippen molar-refractivity contribution >= 4 is 11.7 Å². The number of hydrogen-bond acceptors (Lipinski definition) is 6. The number of anilines is 1. The lowest BCUT2D eigenvalue weighted by molar-refractivity contribution is 0.0109. The van der Waals surface area contributed by atoms with Gasteiger partial charge in [-0.15, -0.1) is 0 Å². The molecule has 2 aliphatic rings. The third kappa shape index (κ3) is 3.88. The fourth-order valence-electron chi connectivity index (χ4n) is 3.20. The van der Waals surface area contributed by atoms with Crippen molar-refractivity contribution < 1.29 is 14.6 Å². The van der Waals surface area contributed by atoms with Gasteiger partial charge in [0, 0.05) is 37.3 Å². The molecule has 0 saturated carbocycles. The minimum absolute atomic E-state index is 0.0125. The number of rotatable bonds is 3. The molecule has 2 aliphatic heterocycles. The van der Waals surface area contributed by atoms with E-state index in [0.717, 1.165) is 13.0 Å². The summed E-state index contributed by atoms with van der Waals surface area (Å²) in [6.07, 6.45) is 1.95. The zero-order chi connectivity index (χ0) is 18.2. The Labute approximate surface area is 149 Å². The van der Waals surface area contributed by atoms with Crippen molar-refractivity contribution in [1.82, 2.24) is 14.8 Å². The highest BCUT2D eigenvalue weighted by Crippen LogP contribution is 2.31. The number of aliphatic hydroxyl groups is 1. The normalized spacial score (nSPS) is 23.4. The van der Waals surface area contributed by atoms with E-state index in [4.69, 9.17) is 4.74 Å². The maximum absolute atomic E-state index is 12.8. The van der Waals surface area contributed by atoms with Gasteiger partial charge in [-0.25, -0.2) is 4.98 Å². The number of nitrogens with zero attached hydrogens (tertiary/aromatic N) is 3. The highest BCUT2D eigenvalue weighted by atomic mass is 16.5. The van der Waals surface area contributed by atoms with Crippen LogP contribution in [0.1, 0.15) is 37.6 Å². The lowest BCUT2D eigenvalue weighted by Crippen LogP contribution is -2.41. The Morgan fingerprint density at radius 2 is 2.32 bits per heavy atom. The molecule has 1 fully saturated rings. The van der Waals surface area contributed by atoms with Gasteiger partial charge in [-0.05, 0) is 26.5 Å². The first-order valence-electron chi connectivity index (χ1n) is 8.83. The van der Waals surface area contributed by atoms with E-state index in [1.165, 1.54) is 0 Å². The monoisotopic (exact) mass is 348 g/mol. The molecule has 0 spiro atoms. The van der Waals surface area contributed by atoms with Crippen LogP contribution < -0.4 is 10.1 Å². The van der Waals surface area contributed by atoms with Crippen molar-refractivity contribution in [2.24, 2.45) is 5.41 Å². The number of pyridine rings is 1. The molecule has 1 aromatic heterocycles. The number of amides is 1. The lowest BCUT2D eigenvalue weighted by atomic mass is 9.95. The standard InChI is InChI=1S/C18H28N4O3/c1-12(23)21(4)14-5-6-22(9-14)17(24)13-7-15-16(19-8-13)20-10-18(2,3)11-25-15/h7-8,12,14,23H,5-6,9-11H2,1-4H3,(H,19,20)/t12?,14-/m0/s1. The highest BCUT2D eigenvalue weighted by Gasteiger charge is 2.31. The van der Waals surface area contributed by atoms with Crippen LogP contribution in [0.3, 0.4) is 0 Å². The Hall–Kier alpha value is -1.86. The van der Waals surface area contributed by atoms with Crippen LogP contribution in [0.4, 0.5) is 5.82 Å². The lowest BCUT2D eigenvalue weighted by Gasteiger charge is -2.27. The summed E-state index contributed by atoms with van der Waals surface area (Å²) < 4.78 is 5.87. The van der Waals surface area contributed by atoms with Gasteiger partial charge in [0.15, 0.2) is 11.6 Å². The molecule has 2 atom stereocenters. The van der Waals surface area contributed by atoms with Gasteiger partial charge in [-0.3, -0.25) is 9.69 Å². The molecule has 2 N–H and O–H groups in total. The van der Waals surface area contributed by atoms with Crippen molar-refractivity contribution in [3.8, 4) is 5.75 Å². The minimum atomic E-state index is -0.517. The fourth-order valence-corrected chi connectivity index (χ4v) is 3.20. The van der Waals surface area contributed by atoms with Crippen LogP contribution in [0.5, 0.6) is 5.75 Å². The van der Waals surface area contributed by atoms with Gasteiger partial charge in [0.1, 0.15) is 6.23 Å². The molecule has 0 aliphatic carbocycles. The van der Waals surface area contributed by atoms with E-state index >= 15 is 0 Å². The first-order chi connectivity index (χ1) is 11.8. The Morgan fingerprint density at radius 3 is 3.04 bits per heavy atom. The molecule has 1 aromatic rings. The Bertz CT molecular complexity index is 647. The first kappa shape index (κ1) is 17.9. The van der Waals surface area contributed by atoms with Crippen LogP contribution >= 0.6 is 0 Å². The van der Waals surface area contributed by atoms with Gasteiger partial charge in [-0.2, -0.15) is 0 Å². The average Bonchev–Trinajstić information content (AvgIpc) is 3.01. The predicted octanol–water partition coefficient (Wildman–Crippen LogP) is 1.40. The molecule has 7 heteroatoms. The number of carbonyl (C=O) groups is 1. The summed E-state index contributed by atoms with van der Waals surface area (Å²) in [6.45, 7) is 8.65. The van der Waals surface area contributed by atoms with Crippen LogP contribution in [0.15, 0.2) is 12.3 Å². The zero-order valence-corrected chi connectivity index (χ0v) is 15.5. The van der Waals surface area contributed by atoms with Crippen LogP contribution in [0.2, 0.25) is 0 Å². The number of ether oxygens (including phenoxy) is 1. The summed E-state index contributed by atoms with van der Waals surface area (Å²) in [5.41, 5.74) is 0.555. The molecule has 3 heterocycles. The highest BCUT2D eigenvalue weighted by molar-refractivity contribution is 5.95. The quantitative estimate of drug-likeness (QED) is 0.804. The van der Waals surface area contributed by atoms with E-state index < -0.39 is 6.23 Å². The van der Waals surface area contributed by atoms with Crippen LogP contribution in [-0.2, 0) is 0 Å². The predicted molar refractivity (Wildman–Crippen MR) is 95.8 cm³/mol. The Morgan fingerprint density at radius 1 is 1.56 bits per heavy atom. The number of aliphatic hydroxyl groups excluding tert-OH is 1. The molecule has 0 bridgehead atoms. The van der Waals surface area contributed by atoms with Crippen molar-refractivity contribution in [1.29, 1.82) is 0 Å². The smallest absolute Gasteiger partial charge is 0.255 e. The third-order valence-corrected chi connectivity index (χ3v) is 5.07. The van der Waals surface area contributed by atoms with Gasteiger partial charge < -0.3 is 20.1 Å². The number of aromatic nitrogens is 1. The molecule has 7 nitrogen and oxygen atoms in total. The van der Waals surface area contributed by atoms with Gasteiger partial charge >= 0.3 is 0 Å². The van der Waals surface area contributed by atoms with Crippen LogP contribution in [0.25, 0.3) is 0 Å². The second kappa shape index (κ2) is 6.80. The maximum atomic E-state index is 12.8. The number of fused-ring (bicyclic) bond motifs is 1.